The van der Waals surface area contributed by atoms with Crippen LogP contribution in [0.2, 0.25) is 0 Å². The summed E-state index contributed by atoms with van der Waals surface area (Å²) in [4.78, 5) is 0. The monoisotopic (exact) mass is 1350 g/mol. The molecule has 104 heavy (non-hydrogen) atoms. The molecule has 16 aromatic carbocycles. The number of aromatic nitrogens is 4. The molecule has 0 aliphatic rings. The molecule has 0 bridgehead atoms. The molecule has 20 aromatic rings. The molecule has 0 fully saturated rings. The van der Waals surface area contributed by atoms with Gasteiger partial charge in [-0.15, -0.1) is 0 Å². The smallest absolute Gasteiger partial charge is 0.0645 e. The molecule has 0 amide bonds. The third kappa shape index (κ3) is 12.4. The first-order valence-corrected chi connectivity index (χ1v) is 34.0. The Bertz CT molecular complexity index is 7350. The number of nitrogens with zero attached hydrogens (tertiary/aromatic N) is 4. The molecule has 0 saturated heterocycles. The van der Waals surface area contributed by atoms with Crippen LogP contribution in [0.4, 0.5) is 0 Å². The Kier molecular flexibility index (Phi) is 11.9. The summed E-state index contributed by atoms with van der Waals surface area (Å²) in [5.74, 6) is 0. The summed E-state index contributed by atoms with van der Waals surface area (Å²) in [6.45, 7) is 0. The van der Waals surface area contributed by atoms with Gasteiger partial charge in [-0.1, -0.05) is 291 Å². The van der Waals surface area contributed by atoms with E-state index in [1.807, 2.05) is 181 Å². The molecule has 0 spiro atoms. The number of hydrogen-bond donors (Lipinski definition) is 0. The van der Waals surface area contributed by atoms with E-state index in [2.05, 4.69) is 48.0 Å². The lowest BCUT2D eigenvalue weighted by atomic mass is 10.0. The predicted octanol–water partition coefficient (Wildman–Crippen LogP) is 26.7. The molecule has 4 aromatic heterocycles. The highest BCUT2D eigenvalue weighted by atomic mass is 15.0. The van der Waals surface area contributed by atoms with Crippen LogP contribution in [-0.4, -0.2) is 18.3 Å². The molecule has 0 unspecified atom stereocenters. The lowest BCUT2D eigenvalue weighted by Crippen LogP contribution is -1.86. The largest absolute Gasteiger partial charge is 0.344 e. The predicted molar refractivity (Wildman–Crippen MR) is 445 cm³/mol. The van der Waals surface area contributed by atoms with Gasteiger partial charge < -0.3 is 18.3 Å². The second kappa shape index (κ2) is 28.0. The van der Waals surface area contributed by atoms with Crippen LogP contribution in [0.5, 0.6) is 0 Å². The molecule has 0 aliphatic carbocycles. The normalized spacial score (nSPS) is 14.2. The molecule has 0 saturated carbocycles. The molecule has 4 nitrogen and oxygen atoms in total. The highest BCUT2D eigenvalue weighted by Crippen LogP contribution is 2.40. The Hall–Kier alpha value is -13.3. The van der Waals surface area contributed by atoms with E-state index in [4.69, 9.17) is 30.2 Å². The lowest BCUT2D eigenvalue weighted by molar-refractivity contribution is 1.01. The van der Waals surface area contributed by atoms with Crippen LogP contribution in [0.15, 0.2) is 388 Å². The molecule has 20 rings (SSSR count). The van der Waals surface area contributed by atoms with Crippen molar-refractivity contribution in [1.82, 2.24) is 18.3 Å². The number of hydrogen-bond acceptors (Lipinski definition) is 0. The SMILES string of the molecule is [2H]c1c(-c2ccccc2)c([2H])c2c3c([2H])c(-c4ccccc4)c([2H])c([2H])c3n(C)c2c1[2H].[2H]c1c([2H])c([2H])c(-c2ccc3c(c2)c2cc(-c4c([2H])c([2H])c([2H])c([2H])c4[2H])ccc2n3C)c([2H])c1[2H].[2H]c1cc2c(c([2H])c1-c1ccccc1)c1c([2H])c(-c3ccccc3)c([2H])cc1n2C.[2H]c1ccc(-c2ccc3c(c2)c2cc(-c4ccc([2H])cc4)ccc2n3C)cc1. The standard InChI is InChI=1S/4C25H19N/c4*1-26-24-14-12-20(18-8-4-2-5-9-18)16-22(24)23-17-21(13-15-25(23)26)19-10-6-3-7-11-19/h4*2-17H,1H3/i2D,3D,4D,5D,6D,7D,8D,9D,10D,11D;12D,13D,14D,15D,16D,17D;12D,13D,16D,17D;2D,3D. The fourth-order valence-corrected chi connectivity index (χ4v) is 13.8. The van der Waals surface area contributed by atoms with E-state index in [-0.39, 0.29) is 95.7 Å². The molecular weight excluding hydrogens is 1260 g/mol. The van der Waals surface area contributed by atoms with Crippen molar-refractivity contribution < 1.29 is 30.2 Å². The minimum absolute atomic E-state index is 0.0554. The van der Waals surface area contributed by atoms with E-state index in [9.17, 15) is 0 Å². The van der Waals surface area contributed by atoms with Crippen molar-refractivity contribution in [2.24, 2.45) is 28.2 Å². The molecule has 0 aliphatic heterocycles. The zero-order chi connectivity index (χ0) is 89.2. The Morgan fingerprint density at radius 1 is 0.163 bits per heavy atom. The molecule has 0 N–H and O–H groups in total. The average Bonchev–Trinajstić information content (AvgIpc) is 1.54. The maximum absolute atomic E-state index is 9.00. The van der Waals surface area contributed by atoms with Crippen molar-refractivity contribution >= 4 is 87.2 Å². The molecule has 0 atom stereocenters. The van der Waals surface area contributed by atoms with E-state index in [1.54, 1.807) is 72.3 Å². The number of fused-ring (bicyclic) bond motifs is 12. The number of benzene rings is 16. The van der Waals surface area contributed by atoms with Gasteiger partial charge in [0, 0.05) is 115 Å². The van der Waals surface area contributed by atoms with Crippen molar-refractivity contribution in [1.29, 1.82) is 0 Å². The van der Waals surface area contributed by atoms with Gasteiger partial charge in [0.15, 0.2) is 0 Å². The Balaban J connectivity index is 0.000000119. The van der Waals surface area contributed by atoms with Crippen molar-refractivity contribution in [3.63, 3.8) is 0 Å². The minimum Gasteiger partial charge on any atom is -0.344 e. The van der Waals surface area contributed by atoms with Gasteiger partial charge in [-0.25, -0.2) is 0 Å². The van der Waals surface area contributed by atoms with Gasteiger partial charge in [0.2, 0.25) is 0 Å². The summed E-state index contributed by atoms with van der Waals surface area (Å²) in [7, 11) is 7.52. The van der Waals surface area contributed by atoms with Crippen molar-refractivity contribution in [3.05, 3.63) is 388 Å². The molecule has 4 heteroatoms. The van der Waals surface area contributed by atoms with Crippen LogP contribution < -0.4 is 0 Å². The number of rotatable bonds is 8. The van der Waals surface area contributed by atoms with Crippen LogP contribution in [0.1, 0.15) is 30.2 Å². The van der Waals surface area contributed by atoms with Gasteiger partial charge in [-0.05, 0) is 186 Å². The highest BCUT2D eigenvalue weighted by molar-refractivity contribution is 6.14. The fourth-order valence-electron chi connectivity index (χ4n) is 13.8. The molecule has 0 radical (unpaired) electrons. The summed E-state index contributed by atoms with van der Waals surface area (Å²) in [6, 6.07) is 78.1. The first kappa shape index (κ1) is 44.1. The van der Waals surface area contributed by atoms with Crippen molar-refractivity contribution in [2.75, 3.05) is 0 Å². The maximum atomic E-state index is 9.00. The quantitative estimate of drug-likeness (QED) is 0.144. The lowest BCUT2D eigenvalue weighted by Gasteiger charge is -2.03. The number of aryl methyl sites for hydroxylation is 4. The summed E-state index contributed by atoms with van der Waals surface area (Å²) in [5, 5.41) is 6.00. The van der Waals surface area contributed by atoms with Gasteiger partial charge in [0.05, 0.1) is 30.2 Å². The Morgan fingerprint density at radius 3 is 0.712 bits per heavy atom. The topological polar surface area (TPSA) is 19.7 Å². The zero-order valence-corrected chi connectivity index (χ0v) is 57.0. The van der Waals surface area contributed by atoms with Gasteiger partial charge >= 0.3 is 0 Å². The maximum Gasteiger partial charge on any atom is 0.0645 e. The molecule has 4 heterocycles. The first-order chi connectivity index (χ1) is 60.4. The van der Waals surface area contributed by atoms with Gasteiger partial charge in [0.1, 0.15) is 0 Å². The highest BCUT2D eigenvalue weighted by Gasteiger charge is 2.16. The third-order valence-electron chi connectivity index (χ3n) is 19.1. The second-order valence-electron chi connectivity index (χ2n) is 25.3. The van der Waals surface area contributed by atoms with E-state index in [0.29, 0.717) is 89.2 Å². The minimum atomic E-state index is -0.455. The third-order valence-corrected chi connectivity index (χ3v) is 19.1. The summed E-state index contributed by atoms with van der Waals surface area (Å²) in [6.07, 6.45) is 0. The summed E-state index contributed by atoms with van der Waals surface area (Å²) >= 11 is 0. The van der Waals surface area contributed by atoms with Crippen LogP contribution in [0.3, 0.4) is 0 Å². The van der Waals surface area contributed by atoms with E-state index < -0.39 is 36.3 Å². The molecule has 496 valence electrons. The van der Waals surface area contributed by atoms with Gasteiger partial charge in [0.25, 0.3) is 0 Å². The van der Waals surface area contributed by atoms with Gasteiger partial charge in [-0.2, -0.15) is 0 Å². The fraction of sp³-hybridized carbons (Fsp3) is 0.0400. The second-order valence-corrected chi connectivity index (χ2v) is 25.3. The van der Waals surface area contributed by atoms with Crippen LogP contribution >= 0.6 is 0 Å². The van der Waals surface area contributed by atoms with E-state index in [0.717, 1.165) is 66.2 Å². The van der Waals surface area contributed by atoms with Crippen molar-refractivity contribution in [3.8, 4) is 89.0 Å². The van der Waals surface area contributed by atoms with Crippen LogP contribution in [-0.2, 0) is 28.2 Å². The molecular formula is C100H76N4. The Labute approximate surface area is 638 Å². The van der Waals surface area contributed by atoms with Crippen LogP contribution in [0, 0.1) is 0 Å². The van der Waals surface area contributed by atoms with E-state index in [1.165, 1.54) is 21.8 Å². The van der Waals surface area contributed by atoms with Gasteiger partial charge in [-0.3, -0.25) is 0 Å². The zero-order valence-electron chi connectivity index (χ0n) is 79.0. The Morgan fingerprint density at radius 2 is 0.404 bits per heavy atom. The summed E-state index contributed by atoms with van der Waals surface area (Å²) in [5.41, 5.74) is 16.6. The van der Waals surface area contributed by atoms with Crippen molar-refractivity contribution in [2.45, 2.75) is 0 Å². The summed E-state index contributed by atoms with van der Waals surface area (Å²) < 4.78 is 192. The van der Waals surface area contributed by atoms with Crippen LogP contribution in [0.25, 0.3) is 176 Å². The average molecular weight is 1360 g/mol. The van der Waals surface area contributed by atoms with E-state index >= 15 is 0 Å². The first-order valence-electron chi connectivity index (χ1n) is 45.0.